The minimum absolute atomic E-state index is 0.122. The first kappa shape index (κ1) is 18.3. The van der Waals surface area contributed by atoms with E-state index in [0.29, 0.717) is 42.6 Å². The number of hydrogen-bond donors (Lipinski definition) is 1. The Bertz CT molecular complexity index is 998. The molecule has 0 bridgehead atoms. The molecule has 1 aliphatic rings. The second-order valence-corrected chi connectivity index (χ2v) is 6.50. The fourth-order valence-electron chi connectivity index (χ4n) is 3.30. The second-order valence-electron chi connectivity index (χ2n) is 6.50. The van der Waals surface area contributed by atoms with E-state index in [9.17, 15) is 22.4 Å². The van der Waals surface area contributed by atoms with Crippen molar-refractivity contribution in [2.45, 2.75) is 25.1 Å². The molecule has 1 aromatic heterocycles. The van der Waals surface area contributed by atoms with Gasteiger partial charge in [-0.3, -0.25) is 4.79 Å². The molecule has 0 spiro atoms. The molecule has 1 fully saturated rings. The smallest absolute Gasteiger partial charge is 0.419 e. The van der Waals surface area contributed by atoms with Crippen LogP contribution in [0.5, 0.6) is 0 Å². The minimum Gasteiger partial charge on any atom is -0.423 e. The third-order valence-corrected chi connectivity index (χ3v) is 4.62. The summed E-state index contributed by atoms with van der Waals surface area (Å²) in [5.74, 6) is -1.89. The van der Waals surface area contributed by atoms with Crippen LogP contribution in [0.1, 0.15) is 18.4 Å². The molecule has 0 aliphatic carbocycles. The molecular formula is C19H15F4N3O2. The number of anilines is 2. The average molecular weight is 393 g/mol. The van der Waals surface area contributed by atoms with Gasteiger partial charge in [-0.15, -0.1) is 0 Å². The van der Waals surface area contributed by atoms with Crippen molar-refractivity contribution < 1.29 is 26.8 Å². The van der Waals surface area contributed by atoms with E-state index in [-0.39, 0.29) is 11.7 Å². The summed E-state index contributed by atoms with van der Waals surface area (Å²) in [6, 6.07) is 9.17. The maximum absolute atomic E-state index is 13.4. The first-order chi connectivity index (χ1) is 13.3. The third kappa shape index (κ3) is 3.39. The lowest BCUT2D eigenvalue weighted by Gasteiger charge is -2.22. The number of halogens is 4. The number of nitrogens with zero attached hydrogens (tertiary/aromatic N) is 2. The summed E-state index contributed by atoms with van der Waals surface area (Å²) in [6.45, 7) is 0.530. The van der Waals surface area contributed by atoms with E-state index in [1.165, 1.54) is 0 Å². The van der Waals surface area contributed by atoms with E-state index in [0.717, 1.165) is 6.07 Å². The predicted molar refractivity (Wildman–Crippen MR) is 94.4 cm³/mol. The number of hydrogen-bond acceptors (Lipinski definition) is 4. The SMILES string of the molecule is O=C(Nc1ccc(F)c(C(F)(F)F)c1)[C@H]1CCCN1c1nc2ccccc2o1. The fourth-order valence-corrected chi connectivity index (χ4v) is 3.30. The van der Waals surface area contributed by atoms with Crippen LogP contribution in [-0.4, -0.2) is 23.5 Å². The molecule has 3 aromatic rings. The molecule has 1 atom stereocenters. The Morgan fingerprint density at radius 1 is 1.21 bits per heavy atom. The summed E-state index contributed by atoms with van der Waals surface area (Å²) in [6.07, 6.45) is -3.64. The van der Waals surface area contributed by atoms with Crippen molar-refractivity contribution in [3.8, 4) is 0 Å². The van der Waals surface area contributed by atoms with Crippen LogP contribution in [0.4, 0.5) is 29.3 Å². The number of oxazole rings is 1. The Morgan fingerprint density at radius 3 is 2.75 bits per heavy atom. The first-order valence-electron chi connectivity index (χ1n) is 8.63. The Kier molecular flexibility index (Phi) is 4.44. The average Bonchev–Trinajstić information content (AvgIpc) is 3.28. The Morgan fingerprint density at radius 2 is 2.00 bits per heavy atom. The molecule has 4 rings (SSSR count). The van der Waals surface area contributed by atoms with Gasteiger partial charge in [0.25, 0.3) is 6.01 Å². The van der Waals surface area contributed by atoms with E-state index >= 15 is 0 Å². The lowest BCUT2D eigenvalue weighted by Crippen LogP contribution is -2.40. The van der Waals surface area contributed by atoms with Crippen molar-refractivity contribution in [1.82, 2.24) is 4.98 Å². The van der Waals surface area contributed by atoms with E-state index in [4.69, 9.17) is 4.42 Å². The zero-order valence-corrected chi connectivity index (χ0v) is 14.5. The molecule has 0 radical (unpaired) electrons. The second kappa shape index (κ2) is 6.81. The molecule has 1 N–H and O–H groups in total. The van der Waals surface area contributed by atoms with Gasteiger partial charge in [-0.05, 0) is 43.2 Å². The van der Waals surface area contributed by atoms with Gasteiger partial charge < -0.3 is 14.6 Å². The summed E-state index contributed by atoms with van der Waals surface area (Å²) < 4.78 is 57.7. The lowest BCUT2D eigenvalue weighted by atomic mass is 10.1. The molecule has 2 heterocycles. The fraction of sp³-hybridized carbons (Fsp3) is 0.263. The van der Waals surface area contributed by atoms with Crippen LogP contribution in [0.15, 0.2) is 46.9 Å². The molecule has 0 saturated carbocycles. The van der Waals surface area contributed by atoms with Crippen molar-refractivity contribution in [2.75, 3.05) is 16.8 Å². The van der Waals surface area contributed by atoms with Gasteiger partial charge in [0.2, 0.25) is 5.91 Å². The van der Waals surface area contributed by atoms with E-state index in [1.54, 1.807) is 23.1 Å². The number of nitrogens with one attached hydrogen (secondary N) is 1. The number of para-hydroxylation sites is 2. The molecular weight excluding hydrogens is 378 g/mol. The molecule has 1 aliphatic heterocycles. The summed E-state index contributed by atoms with van der Waals surface area (Å²) >= 11 is 0. The highest BCUT2D eigenvalue weighted by atomic mass is 19.4. The third-order valence-electron chi connectivity index (χ3n) is 4.62. The van der Waals surface area contributed by atoms with Crippen molar-refractivity contribution in [3.05, 3.63) is 53.8 Å². The molecule has 1 amide bonds. The van der Waals surface area contributed by atoms with Gasteiger partial charge in [0.15, 0.2) is 5.58 Å². The van der Waals surface area contributed by atoms with Gasteiger partial charge in [0.1, 0.15) is 17.4 Å². The topological polar surface area (TPSA) is 58.4 Å². The highest BCUT2D eigenvalue weighted by Gasteiger charge is 2.36. The Hall–Kier alpha value is -3.10. The number of carbonyl (C=O) groups excluding carboxylic acids is 1. The van der Waals surface area contributed by atoms with E-state index in [2.05, 4.69) is 10.3 Å². The number of amides is 1. The van der Waals surface area contributed by atoms with Gasteiger partial charge in [-0.25, -0.2) is 4.39 Å². The molecule has 0 unspecified atom stereocenters. The van der Waals surface area contributed by atoms with Crippen molar-refractivity contribution in [3.63, 3.8) is 0 Å². The number of benzene rings is 2. The standard InChI is InChI=1S/C19H15F4N3O2/c20-13-8-7-11(10-12(13)19(21,22)23)24-17(27)15-5-3-9-26(15)18-25-14-4-1-2-6-16(14)28-18/h1-2,4,6-8,10,15H,3,5,9H2,(H,24,27)/t15-/m1/s1. The number of fused-ring (bicyclic) bond motifs is 1. The predicted octanol–water partition coefficient (Wildman–Crippen LogP) is 4.59. The maximum Gasteiger partial charge on any atom is 0.419 e. The highest BCUT2D eigenvalue weighted by Crippen LogP contribution is 2.33. The van der Waals surface area contributed by atoms with Crippen LogP contribution in [-0.2, 0) is 11.0 Å². The van der Waals surface area contributed by atoms with Crippen molar-refractivity contribution in [2.24, 2.45) is 0 Å². The normalized spacial score (nSPS) is 17.3. The van der Waals surface area contributed by atoms with Gasteiger partial charge in [0, 0.05) is 12.2 Å². The summed E-state index contributed by atoms with van der Waals surface area (Å²) in [5.41, 5.74) is -0.315. The molecule has 5 nitrogen and oxygen atoms in total. The zero-order valence-electron chi connectivity index (χ0n) is 14.5. The summed E-state index contributed by atoms with van der Waals surface area (Å²) in [7, 11) is 0. The highest BCUT2D eigenvalue weighted by molar-refractivity contribution is 5.97. The van der Waals surface area contributed by atoms with Crippen molar-refractivity contribution in [1.29, 1.82) is 0 Å². The molecule has 28 heavy (non-hydrogen) atoms. The van der Waals surface area contributed by atoms with Crippen LogP contribution in [0.25, 0.3) is 11.1 Å². The number of rotatable bonds is 3. The minimum atomic E-state index is -4.84. The van der Waals surface area contributed by atoms with Gasteiger partial charge in [-0.1, -0.05) is 12.1 Å². The van der Waals surface area contributed by atoms with Crippen LogP contribution in [0, 0.1) is 5.82 Å². The van der Waals surface area contributed by atoms with Crippen molar-refractivity contribution >= 4 is 28.7 Å². The molecule has 146 valence electrons. The van der Waals surface area contributed by atoms with Gasteiger partial charge in [0.05, 0.1) is 5.56 Å². The van der Waals surface area contributed by atoms with Gasteiger partial charge in [-0.2, -0.15) is 18.2 Å². The number of aromatic nitrogens is 1. The van der Waals surface area contributed by atoms with Crippen LogP contribution in [0.2, 0.25) is 0 Å². The monoisotopic (exact) mass is 393 g/mol. The number of alkyl halides is 3. The molecule has 2 aromatic carbocycles. The van der Waals surface area contributed by atoms with Gasteiger partial charge >= 0.3 is 6.18 Å². The largest absolute Gasteiger partial charge is 0.423 e. The Labute approximate surface area is 157 Å². The number of carbonyl (C=O) groups is 1. The maximum atomic E-state index is 13.4. The van der Waals surface area contributed by atoms with Crippen LogP contribution < -0.4 is 10.2 Å². The summed E-state index contributed by atoms with van der Waals surface area (Å²) in [5, 5.41) is 2.44. The van der Waals surface area contributed by atoms with E-state index in [1.807, 2.05) is 6.07 Å². The summed E-state index contributed by atoms with van der Waals surface area (Å²) in [4.78, 5) is 18.7. The van der Waals surface area contributed by atoms with Crippen LogP contribution in [0.3, 0.4) is 0 Å². The first-order valence-corrected chi connectivity index (χ1v) is 8.63. The molecule has 1 saturated heterocycles. The Balaban J connectivity index is 1.56. The van der Waals surface area contributed by atoms with E-state index < -0.39 is 29.5 Å². The van der Waals surface area contributed by atoms with Crippen LogP contribution >= 0.6 is 0 Å². The lowest BCUT2D eigenvalue weighted by molar-refractivity contribution is -0.140. The molecule has 9 heteroatoms. The zero-order chi connectivity index (χ0) is 19.9. The quantitative estimate of drug-likeness (QED) is 0.661.